The number of para-hydroxylation sites is 1. The van der Waals surface area contributed by atoms with Crippen LogP contribution in [0.3, 0.4) is 0 Å². The summed E-state index contributed by atoms with van der Waals surface area (Å²) in [6.45, 7) is 0. The number of hydrogen-bond acceptors (Lipinski definition) is 6. The molecule has 0 atom stereocenters. The number of benzene rings is 8. The average molecular weight is 815 g/mol. The SMILES string of the molecule is N#Cc1ccc2c(c1)c1cc(C#N)ccc1n2-c1ccccc1-c1cc(-c2nc(-c3ccccc3)cc(-c3ccccc3)n2)ccc1-n1c2ccc(C#N)cc2c2cc(C#N)ccc21. The Hall–Kier alpha value is -9.60. The fourth-order valence-corrected chi connectivity index (χ4v) is 8.92. The van der Waals surface area contributed by atoms with Crippen molar-refractivity contribution in [3.8, 4) is 80.7 Å². The third-order valence-corrected chi connectivity index (χ3v) is 11.8. The van der Waals surface area contributed by atoms with Crippen LogP contribution in [0.1, 0.15) is 22.3 Å². The standard InChI is InChI=1S/C56H30N8/c57-31-35-15-20-51-43(25-35)44-26-36(32-58)16-21-52(44)63(51)50-14-8-7-13-42(50)47-29-41(56-61-48(39-9-3-1-4-10-39)30-49(62-56)40-11-5-2-6-12-40)19-24-55(47)64-53-22-17-37(33-59)27-45(53)46-28-38(34-60)18-23-54(46)64/h1-30H. The summed E-state index contributed by atoms with van der Waals surface area (Å²) in [5.41, 5.74) is 13.4. The van der Waals surface area contributed by atoms with Gasteiger partial charge in [-0.3, -0.25) is 0 Å². The van der Waals surface area contributed by atoms with Gasteiger partial charge in [0.15, 0.2) is 5.82 Å². The summed E-state index contributed by atoms with van der Waals surface area (Å²) in [4.78, 5) is 10.4. The molecule has 0 fully saturated rings. The van der Waals surface area contributed by atoms with E-state index in [0.717, 1.165) is 94.2 Å². The van der Waals surface area contributed by atoms with E-state index in [2.05, 4.69) is 63.7 Å². The molecule has 0 aliphatic carbocycles. The minimum atomic E-state index is 0.518. The van der Waals surface area contributed by atoms with E-state index >= 15 is 0 Å². The lowest BCUT2D eigenvalue weighted by atomic mass is 9.97. The zero-order valence-corrected chi connectivity index (χ0v) is 33.9. The van der Waals surface area contributed by atoms with Crippen LogP contribution < -0.4 is 0 Å². The van der Waals surface area contributed by atoms with Crippen molar-refractivity contribution in [2.45, 2.75) is 0 Å². The molecule has 0 unspecified atom stereocenters. The van der Waals surface area contributed by atoms with Crippen molar-refractivity contribution >= 4 is 43.6 Å². The fourth-order valence-electron chi connectivity index (χ4n) is 8.92. The van der Waals surface area contributed by atoms with Gasteiger partial charge in [0.1, 0.15) is 0 Å². The monoisotopic (exact) mass is 814 g/mol. The smallest absolute Gasteiger partial charge is 0.160 e. The number of nitriles is 4. The maximum Gasteiger partial charge on any atom is 0.160 e. The molecule has 3 aromatic heterocycles. The van der Waals surface area contributed by atoms with E-state index in [0.29, 0.717) is 28.1 Å². The van der Waals surface area contributed by atoms with Crippen LogP contribution in [0.25, 0.3) is 100 Å². The molecular formula is C56H30N8. The minimum absolute atomic E-state index is 0.518. The maximum absolute atomic E-state index is 9.98. The predicted molar refractivity (Wildman–Crippen MR) is 251 cm³/mol. The second kappa shape index (κ2) is 15.1. The summed E-state index contributed by atoms with van der Waals surface area (Å²) < 4.78 is 4.40. The van der Waals surface area contributed by atoms with Crippen molar-refractivity contribution in [3.05, 3.63) is 204 Å². The van der Waals surface area contributed by atoms with Gasteiger partial charge in [-0.1, -0.05) is 78.9 Å². The molecular weight excluding hydrogens is 785 g/mol. The molecule has 8 aromatic carbocycles. The normalized spacial score (nSPS) is 11.1. The van der Waals surface area contributed by atoms with Crippen LogP contribution in [0.4, 0.5) is 0 Å². The zero-order chi connectivity index (χ0) is 43.3. The van der Waals surface area contributed by atoms with E-state index in [4.69, 9.17) is 9.97 Å². The van der Waals surface area contributed by atoms with Crippen LogP contribution in [0.5, 0.6) is 0 Å². The van der Waals surface area contributed by atoms with Crippen molar-refractivity contribution in [1.82, 2.24) is 19.1 Å². The van der Waals surface area contributed by atoms with Gasteiger partial charge < -0.3 is 9.13 Å². The van der Waals surface area contributed by atoms with E-state index in [1.807, 2.05) is 152 Å². The average Bonchev–Trinajstić information content (AvgIpc) is 3.87. The summed E-state index contributed by atoms with van der Waals surface area (Å²) in [6, 6.07) is 68.6. The van der Waals surface area contributed by atoms with Crippen LogP contribution in [0.15, 0.2) is 182 Å². The zero-order valence-electron chi connectivity index (χ0n) is 33.9. The van der Waals surface area contributed by atoms with Crippen molar-refractivity contribution in [1.29, 1.82) is 21.0 Å². The highest BCUT2D eigenvalue weighted by atomic mass is 15.0. The molecule has 0 bridgehead atoms. The Morgan fingerprint density at radius 3 is 1.14 bits per heavy atom. The summed E-state index contributed by atoms with van der Waals surface area (Å²) in [6.07, 6.45) is 0. The third-order valence-electron chi connectivity index (χ3n) is 11.8. The molecule has 0 aliphatic heterocycles. The molecule has 294 valence electrons. The Balaban J connectivity index is 1.24. The molecule has 8 heteroatoms. The largest absolute Gasteiger partial charge is 0.309 e. The first-order valence-electron chi connectivity index (χ1n) is 20.5. The van der Waals surface area contributed by atoms with Crippen molar-refractivity contribution in [2.24, 2.45) is 0 Å². The Labute approximate surface area is 367 Å². The second-order valence-corrected chi connectivity index (χ2v) is 15.5. The highest BCUT2D eigenvalue weighted by molar-refractivity contribution is 6.12. The molecule has 0 saturated carbocycles. The quantitative estimate of drug-likeness (QED) is 0.164. The maximum atomic E-state index is 9.98. The van der Waals surface area contributed by atoms with Crippen LogP contribution in [-0.2, 0) is 0 Å². The molecule has 0 aliphatic rings. The van der Waals surface area contributed by atoms with Gasteiger partial charge in [-0.15, -0.1) is 0 Å². The lowest BCUT2D eigenvalue weighted by Gasteiger charge is -2.20. The molecule has 11 aromatic rings. The first kappa shape index (κ1) is 37.4. The minimum Gasteiger partial charge on any atom is -0.309 e. The van der Waals surface area contributed by atoms with Crippen molar-refractivity contribution in [2.75, 3.05) is 0 Å². The van der Waals surface area contributed by atoms with E-state index in [1.165, 1.54) is 0 Å². The highest BCUT2D eigenvalue weighted by Gasteiger charge is 2.23. The molecule has 0 N–H and O–H groups in total. The number of aromatic nitrogens is 4. The van der Waals surface area contributed by atoms with Gasteiger partial charge in [0.25, 0.3) is 0 Å². The van der Waals surface area contributed by atoms with Gasteiger partial charge in [-0.25, -0.2) is 9.97 Å². The van der Waals surface area contributed by atoms with Crippen molar-refractivity contribution < 1.29 is 0 Å². The lowest BCUT2D eigenvalue weighted by Crippen LogP contribution is -2.03. The van der Waals surface area contributed by atoms with Crippen molar-refractivity contribution in [3.63, 3.8) is 0 Å². The molecule has 8 nitrogen and oxygen atoms in total. The molecule has 64 heavy (non-hydrogen) atoms. The van der Waals surface area contributed by atoms with Crippen LogP contribution in [0, 0.1) is 45.3 Å². The Morgan fingerprint density at radius 2 is 0.719 bits per heavy atom. The Morgan fingerprint density at radius 1 is 0.328 bits per heavy atom. The van der Waals surface area contributed by atoms with Gasteiger partial charge in [0, 0.05) is 49.4 Å². The number of fused-ring (bicyclic) bond motifs is 6. The van der Waals surface area contributed by atoms with Crippen LogP contribution in [-0.4, -0.2) is 19.1 Å². The van der Waals surface area contributed by atoms with Gasteiger partial charge in [0.05, 0.1) is 91.4 Å². The molecule has 0 radical (unpaired) electrons. The molecule has 0 spiro atoms. The molecule has 3 heterocycles. The first-order valence-corrected chi connectivity index (χ1v) is 20.5. The summed E-state index contributed by atoms with van der Waals surface area (Å²) in [5.74, 6) is 0.551. The fraction of sp³-hybridized carbons (Fsp3) is 0. The van der Waals surface area contributed by atoms with Gasteiger partial charge in [0.2, 0.25) is 0 Å². The lowest BCUT2D eigenvalue weighted by molar-refractivity contribution is 1.15. The van der Waals surface area contributed by atoms with E-state index < -0.39 is 0 Å². The Bertz CT molecular complexity index is 3690. The summed E-state index contributed by atoms with van der Waals surface area (Å²) >= 11 is 0. The summed E-state index contributed by atoms with van der Waals surface area (Å²) in [7, 11) is 0. The topological polar surface area (TPSA) is 131 Å². The second-order valence-electron chi connectivity index (χ2n) is 15.5. The van der Waals surface area contributed by atoms with Gasteiger partial charge in [-0.2, -0.15) is 21.0 Å². The van der Waals surface area contributed by atoms with Gasteiger partial charge in [-0.05, 0) is 103 Å². The van der Waals surface area contributed by atoms with E-state index in [9.17, 15) is 21.0 Å². The number of nitrogens with zero attached hydrogens (tertiary/aromatic N) is 8. The third kappa shape index (κ3) is 6.12. The van der Waals surface area contributed by atoms with E-state index in [1.54, 1.807) is 0 Å². The highest BCUT2D eigenvalue weighted by Crippen LogP contribution is 2.43. The molecule has 11 rings (SSSR count). The van der Waals surface area contributed by atoms with Crippen LogP contribution >= 0.6 is 0 Å². The van der Waals surface area contributed by atoms with Crippen LogP contribution in [0.2, 0.25) is 0 Å². The number of rotatable bonds is 6. The van der Waals surface area contributed by atoms with Gasteiger partial charge >= 0.3 is 0 Å². The Kier molecular flexibility index (Phi) is 8.85. The van der Waals surface area contributed by atoms with E-state index in [-0.39, 0.29) is 0 Å². The number of hydrogen-bond donors (Lipinski definition) is 0. The first-order chi connectivity index (χ1) is 31.5. The molecule has 0 amide bonds. The predicted octanol–water partition coefficient (Wildman–Crippen LogP) is 12.8. The summed E-state index contributed by atoms with van der Waals surface area (Å²) in [5, 5.41) is 43.3. The molecule has 0 saturated heterocycles.